The van der Waals surface area contributed by atoms with E-state index in [4.69, 9.17) is 26.1 Å². The molecule has 44 heavy (non-hydrogen) atoms. The van der Waals surface area contributed by atoms with Crippen LogP contribution in [0.1, 0.15) is 49.1 Å². The van der Waals surface area contributed by atoms with Gasteiger partial charge in [-0.3, -0.25) is 14.2 Å². The van der Waals surface area contributed by atoms with Gasteiger partial charge in [-0.15, -0.1) is 0 Å². The maximum atomic E-state index is 14.0. The van der Waals surface area contributed by atoms with Gasteiger partial charge in [0.1, 0.15) is 6.61 Å². The molecule has 0 fully saturated rings. The standard InChI is InChI=1S/C34H31ClN4O4S/c1-5-38(6-2)33(41)30-21(3)37-34-39(31(30)23-12-14-26(35)15-13-23)32(40)29(44-34)18-22-11-16-27(28(17-22)42-4)43-20-25-10-8-7-9-24(25)19-36/h7-18,31H,5-6,20H2,1-4H3/b29-18+/t31-/m1/s1. The molecule has 0 saturated heterocycles. The van der Waals surface area contributed by atoms with Gasteiger partial charge in [-0.1, -0.05) is 59.3 Å². The van der Waals surface area contributed by atoms with Crippen molar-refractivity contribution < 1.29 is 14.3 Å². The van der Waals surface area contributed by atoms with Gasteiger partial charge in [0, 0.05) is 23.7 Å². The number of amides is 1. The van der Waals surface area contributed by atoms with Crippen LogP contribution in [0.4, 0.5) is 0 Å². The van der Waals surface area contributed by atoms with Crippen LogP contribution in [0, 0.1) is 11.3 Å². The zero-order chi connectivity index (χ0) is 31.4. The maximum Gasteiger partial charge on any atom is 0.271 e. The molecule has 1 aromatic heterocycles. The lowest BCUT2D eigenvalue weighted by Crippen LogP contribution is -2.43. The first kappa shape index (κ1) is 30.8. The van der Waals surface area contributed by atoms with Crippen LogP contribution in [-0.4, -0.2) is 35.6 Å². The number of rotatable bonds is 9. The van der Waals surface area contributed by atoms with Gasteiger partial charge < -0.3 is 14.4 Å². The lowest BCUT2D eigenvalue weighted by atomic mass is 9.94. The highest BCUT2D eigenvalue weighted by Gasteiger charge is 2.34. The van der Waals surface area contributed by atoms with E-state index in [1.54, 1.807) is 53.0 Å². The van der Waals surface area contributed by atoms with E-state index in [1.807, 2.05) is 57.2 Å². The van der Waals surface area contributed by atoms with E-state index >= 15 is 0 Å². The molecule has 0 saturated carbocycles. The lowest BCUT2D eigenvalue weighted by molar-refractivity contribution is -0.127. The van der Waals surface area contributed by atoms with Gasteiger partial charge in [-0.2, -0.15) is 5.26 Å². The number of likely N-dealkylation sites (N-methyl/N-ethyl adjacent to an activating group) is 1. The molecule has 3 aromatic carbocycles. The molecule has 10 heteroatoms. The summed E-state index contributed by atoms with van der Waals surface area (Å²) in [6.07, 6.45) is 1.78. The van der Waals surface area contributed by atoms with Crippen LogP contribution >= 0.6 is 22.9 Å². The number of aromatic nitrogens is 1. The molecule has 1 aliphatic heterocycles. The zero-order valence-electron chi connectivity index (χ0n) is 24.8. The van der Waals surface area contributed by atoms with Crippen molar-refractivity contribution in [2.45, 2.75) is 33.4 Å². The highest BCUT2D eigenvalue weighted by atomic mass is 35.5. The van der Waals surface area contributed by atoms with Crippen molar-refractivity contribution in [3.8, 4) is 17.6 Å². The van der Waals surface area contributed by atoms with Crippen molar-refractivity contribution in [3.05, 3.63) is 125 Å². The summed E-state index contributed by atoms with van der Waals surface area (Å²) in [6.45, 7) is 6.96. The minimum absolute atomic E-state index is 0.150. The topological polar surface area (TPSA) is 96.9 Å². The van der Waals surface area contributed by atoms with Crippen LogP contribution in [0.5, 0.6) is 11.5 Å². The van der Waals surface area contributed by atoms with Crippen molar-refractivity contribution in [2.24, 2.45) is 4.99 Å². The fourth-order valence-corrected chi connectivity index (χ4v) is 6.36. The quantitative estimate of drug-likeness (QED) is 0.254. The number of ether oxygens (including phenoxy) is 2. The van der Waals surface area contributed by atoms with Crippen LogP contribution < -0.4 is 24.4 Å². The number of nitriles is 1. The van der Waals surface area contributed by atoms with Gasteiger partial charge >= 0.3 is 0 Å². The zero-order valence-corrected chi connectivity index (χ0v) is 26.4. The Morgan fingerprint density at radius 1 is 1.11 bits per heavy atom. The predicted octanol–water partition coefficient (Wildman–Crippen LogP) is 5.22. The van der Waals surface area contributed by atoms with Gasteiger partial charge in [0.2, 0.25) is 0 Å². The number of nitrogens with zero attached hydrogens (tertiary/aromatic N) is 4. The minimum atomic E-state index is -0.652. The molecular weight excluding hydrogens is 596 g/mol. The van der Waals surface area contributed by atoms with Crippen molar-refractivity contribution in [1.82, 2.24) is 9.47 Å². The third kappa shape index (κ3) is 6.05. The van der Waals surface area contributed by atoms with Crippen LogP contribution in [0.3, 0.4) is 0 Å². The molecule has 0 spiro atoms. The molecule has 0 aliphatic carbocycles. The normalized spacial score (nSPS) is 14.5. The number of thiazole rings is 1. The largest absolute Gasteiger partial charge is 0.493 e. The number of allylic oxidation sites excluding steroid dienone is 1. The predicted molar refractivity (Wildman–Crippen MR) is 172 cm³/mol. The fraction of sp³-hybridized carbons (Fsp3) is 0.235. The van der Waals surface area contributed by atoms with Crippen LogP contribution in [0.25, 0.3) is 6.08 Å². The number of hydrogen-bond acceptors (Lipinski definition) is 7. The number of halogens is 1. The Labute approximate surface area is 264 Å². The molecule has 0 N–H and O–H groups in total. The van der Waals surface area contributed by atoms with E-state index in [-0.39, 0.29) is 18.1 Å². The highest BCUT2D eigenvalue weighted by molar-refractivity contribution is 7.07. The summed E-state index contributed by atoms with van der Waals surface area (Å²) < 4.78 is 13.6. The van der Waals surface area contributed by atoms with Gasteiger partial charge in [0.15, 0.2) is 16.3 Å². The van der Waals surface area contributed by atoms with Crippen molar-refractivity contribution >= 4 is 34.9 Å². The molecule has 0 bridgehead atoms. The monoisotopic (exact) mass is 626 g/mol. The molecule has 0 radical (unpaired) electrons. The number of carbonyl (C=O) groups excluding carboxylic acids is 1. The van der Waals surface area contributed by atoms with Gasteiger partial charge in [0.25, 0.3) is 11.5 Å². The van der Waals surface area contributed by atoms with Gasteiger partial charge in [0.05, 0.1) is 40.6 Å². The molecule has 1 amide bonds. The first-order valence-electron chi connectivity index (χ1n) is 14.2. The summed E-state index contributed by atoms with van der Waals surface area (Å²) in [5.41, 5.74) is 3.62. The Hall–Kier alpha value is -4.65. The summed E-state index contributed by atoms with van der Waals surface area (Å²) in [5, 5.41) is 9.94. The molecule has 2 heterocycles. The van der Waals surface area contributed by atoms with Crippen molar-refractivity contribution in [2.75, 3.05) is 20.2 Å². The van der Waals surface area contributed by atoms with E-state index in [1.165, 1.54) is 11.3 Å². The lowest BCUT2D eigenvalue weighted by Gasteiger charge is -2.29. The van der Waals surface area contributed by atoms with Crippen LogP contribution in [0.15, 0.2) is 87.8 Å². The number of methoxy groups -OCH3 is 1. The summed E-state index contributed by atoms with van der Waals surface area (Å²) in [6, 6.07) is 21.4. The second-order valence-electron chi connectivity index (χ2n) is 10.1. The van der Waals surface area contributed by atoms with E-state index in [0.717, 1.165) is 16.7 Å². The molecular formula is C34H31ClN4O4S. The Bertz CT molecular complexity index is 1970. The number of hydrogen-bond donors (Lipinski definition) is 0. The average Bonchev–Trinajstić information content (AvgIpc) is 3.34. The Balaban J connectivity index is 1.55. The molecule has 8 nitrogen and oxygen atoms in total. The molecule has 0 unspecified atom stereocenters. The molecule has 5 rings (SSSR count). The van der Waals surface area contributed by atoms with Crippen molar-refractivity contribution in [3.63, 3.8) is 0 Å². The van der Waals surface area contributed by atoms with E-state index in [9.17, 15) is 14.9 Å². The first-order valence-corrected chi connectivity index (χ1v) is 15.3. The molecule has 1 aliphatic rings. The number of carbonyl (C=O) groups is 1. The minimum Gasteiger partial charge on any atom is -0.493 e. The van der Waals surface area contributed by atoms with Crippen LogP contribution in [0.2, 0.25) is 5.02 Å². The summed E-state index contributed by atoms with van der Waals surface area (Å²) >= 11 is 7.46. The first-order chi connectivity index (χ1) is 21.3. The molecule has 4 aromatic rings. The summed E-state index contributed by atoms with van der Waals surface area (Å²) in [7, 11) is 1.55. The SMILES string of the molecule is CCN(CC)C(=O)C1=C(C)N=c2s/c(=C/c3ccc(OCc4ccccc4C#N)c(OC)c3)c(=O)n2[C@@H]1c1ccc(Cl)cc1. The second kappa shape index (κ2) is 13.3. The maximum absolute atomic E-state index is 14.0. The molecule has 224 valence electrons. The van der Waals surface area contributed by atoms with Gasteiger partial charge in [-0.05, 0) is 68.3 Å². The third-order valence-electron chi connectivity index (χ3n) is 7.49. The Morgan fingerprint density at radius 3 is 2.52 bits per heavy atom. The third-order valence-corrected chi connectivity index (χ3v) is 8.73. The van der Waals surface area contributed by atoms with Gasteiger partial charge in [-0.25, -0.2) is 4.99 Å². The van der Waals surface area contributed by atoms with E-state index in [2.05, 4.69) is 6.07 Å². The Morgan fingerprint density at radius 2 is 1.84 bits per heavy atom. The summed E-state index contributed by atoms with van der Waals surface area (Å²) in [4.78, 5) is 34.7. The van der Waals surface area contributed by atoms with Crippen LogP contribution in [-0.2, 0) is 11.4 Å². The van der Waals surface area contributed by atoms with Crippen molar-refractivity contribution in [1.29, 1.82) is 5.26 Å². The fourth-order valence-electron chi connectivity index (χ4n) is 5.19. The van der Waals surface area contributed by atoms with E-state index in [0.29, 0.717) is 55.8 Å². The second-order valence-corrected chi connectivity index (χ2v) is 11.5. The summed E-state index contributed by atoms with van der Waals surface area (Å²) in [5.74, 6) is 0.850. The number of benzene rings is 3. The molecule has 1 atom stereocenters. The average molecular weight is 627 g/mol. The van der Waals surface area contributed by atoms with E-state index < -0.39 is 6.04 Å². The smallest absolute Gasteiger partial charge is 0.271 e. The Kier molecular flexibility index (Phi) is 9.33. The highest BCUT2D eigenvalue weighted by Crippen LogP contribution is 2.32. The number of fused-ring (bicyclic) bond motifs is 1.